The van der Waals surface area contributed by atoms with Crippen LogP contribution in [-0.4, -0.2) is 24.5 Å². The molecule has 108 valence electrons. The van der Waals surface area contributed by atoms with Crippen molar-refractivity contribution < 1.29 is 4.42 Å². The van der Waals surface area contributed by atoms with Gasteiger partial charge in [-0.05, 0) is 19.9 Å². The lowest BCUT2D eigenvalue weighted by atomic mass is 10.2. The summed E-state index contributed by atoms with van der Waals surface area (Å²) < 4.78 is 9.03. The van der Waals surface area contributed by atoms with Crippen LogP contribution >= 0.6 is 0 Å². The zero-order valence-corrected chi connectivity index (χ0v) is 12.1. The van der Waals surface area contributed by atoms with Gasteiger partial charge in [0.15, 0.2) is 0 Å². The molecule has 7 nitrogen and oxygen atoms in total. The molecule has 0 aliphatic rings. The Labute approximate surface area is 120 Å². The van der Waals surface area contributed by atoms with Gasteiger partial charge in [0.1, 0.15) is 5.69 Å². The van der Waals surface area contributed by atoms with Gasteiger partial charge in [-0.3, -0.25) is 9.48 Å². The summed E-state index contributed by atoms with van der Waals surface area (Å²) in [7, 11) is 1.67. The molecular weight excluding hydrogens is 270 g/mol. The number of hydrogen-bond acceptors (Lipinski definition) is 5. The van der Waals surface area contributed by atoms with Crippen LogP contribution in [0.5, 0.6) is 0 Å². The standard InChI is InChI=1S/C14H15N5O2/c1-4-19-9(2)10(8-15-19)13-16-17-14(21-13)11-6-5-7-12(20)18(11)3/h5-8H,4H2,1-3H3. The average molecular weight is 285 g/mol. The Morgan fingerprint density at radius 1 is 1.24 bits per heavy atom. The molecule has 0 saturated carbocycles. The minimum absolute atomic E-state index is 0.123. The monoisotopic (exact) mass is 285 g/mol. The highest BCUT2D eigenvalue weighted by Gasteiger charge is 2.16. The first-order valence-electron chi connectivity index (χ1n) is 6.64. The highest BCUT2D eigenvalue weighted by atomic mass is 16.4. The summed E-state index contributed by atoms with van der Waals surface area (Å²) in [5.74, 6) is 0.715. The number of pyridine rings is 1. The maximum absolute atomic E-state index is 11.6. The molecule has 0 aliphatic carbocycles. The van der Waals surface area contributed by atoms with Gasteiger partial charge in [0, 0.05) is 25.4 Å². The molecule has 21 heavy (non-hydrogen) atoms. The maximum atomic E-state index is 11.6. The van der Waals surface area contributed by atoms with Gasteiger partial charge in [0.05, 0.1) is 11.8 Å². The van der Waals surface area contributed by atoms with Crippen molar-refractivity contribution in [2.45, 2.75) is 20.4 Å². The Hall–Kier alpha value is -2.70. The first-order valence-corrected chi connectivity index (χ1v) is 6.64. The molecule has 3 rings (SSSR count). The van der Waals surface area contributed by atoms with Gasteiger partial charge in [0.2, 0.25) is 0 Å². The lowest BCUT2D eigenvalue weighted by molar-refractivity contribution is 0.575. The van der Waals surface area contributed by atoms with Crippen LogP contribution in [0.15, 0.2) is 33.6 Å². The van der Waals surface area contributed by atoms with E-state index in [9.17, 15) is 4.79 Å². The molecule has 0 radical (unpaired) electrons. The normalized spacial score (nSPS) is 11.0. The molecule has 7 heteroatoms. The number of aromatic nitrogens is 5. The summed E-state index contributed by atoms with van der Waals surface area (Å²) >= 11 is 0. The molecule has 0 N–H and O–H groups in total. The highest BCUT2D eigenvalue weighted by molar-refractivity contribution is 5.57. The van der Waals surface area contributed by atoms with Crippen LogP contribution in [0.4, 0.5) is 0 Å². The van der Waals surface area contributed by atoms with E-state index in [1.807, 2.05) is 18.5 Å². The van der Waals surface area contributed by atoms with Gasteiger partial charge in [-0.2, -0.15) is 5.10 Å². The van der Waals surface area contributed by atoms with Crippen LogP contribution in [0.2, 0.25) is 0 Å². The molecule has 3 aromatic heterocycles. The van der Waals surface area contributed by atoms with Gasteiger partial charge in [-0.1, -0.05) is 6.07 Å². The third-order valence-electron chi connectivity index (χ3n) is 3.46. The lowest BCUT2D eigenvalue weighted by Gasteiger charge is -2.02. The largest absolute Gasteiger partial charge is 0.415 e. The van der Waals surface area contributed by atoms with Crippen LogP contribution in [-0.2, 0) is 13.6 Å². The molecule has 3 heterocycles. The minimum atomic E-state index is -0.123. The Morgan fingerprint density at radius 3 is 2.71 bits per heavy atom. The quantitative estimate of drug-likeness (QED) is 0.730. The van der Waals surface area contributed by atoms with E-state index in [0.29, 0.717) is 17.5 Å². The summed E-state index contributed by atoms with van der Waals surface area (Å²) in [5.41, 5.74) is 2.23. The van der Waals surface area contributed by atoms with Crippen molar-refractivity contribution in [3.8, 4) is 23.0 Å². The molecule has 0 saturated heterocycles. The number of aryl methyl sites for hydroxylation is 1. The Morgan fingerprint density at radius 2 is 2.00 bits per heavy atom. The van der Waals surface area contributed by atoms with Crippen LogP contribution < -0.4 is 5.56 Å². The van der Waals surface area contributed by atoms with E-state index >= 15 is 0 Å². The number of nitrogens with zero attached hydrogens (tertiary/aromatic N) is 5. The first kappa shape index (κ1) is 13.3. The summed E-state index contributed by atoms with van der Waals surface area (Å²) in [6, 6.07) is 4.92. The van der Waals surface area contributed by atoms with E-state index in [-0.39, 0.29) is 5.56 Å². The third-order valence-corrected chi connectivity index (χ3v) is 3.46. The summed E-state index contributed by atoms with van der Waals surface area (Å²) in [6.07, 6.45) is 1.71. The van der Waals surface area contributed by atoms with Crippen LogP contribution in [0, 0.1) is 6.92 Å². The van der Waals surface area contributed by atoms with E-state index in [4.69, 9.17) is 4.42 Å². The van der Waals surface area contributed by atoms with Crippen LogP contribution in [0.1, 0.15) is 12.6 Å². The van der Waals surface area contributed by atoms with Crippen LogP contribution in [0.3, 0.4) is 0 Å². The second-order valence-corrected chi connectivity index (χ2v) is 4.68. The van der Waals surface area contributed by atoms with Gasteiger partial charge >= 0.3 is 0 Å². The smallest absolute Gasteiger partial charge is 0.264 e. The molecule has 0 aromatic carbocycles. The van der Waals surface area contributed by atoms with Crippen molar-refractivity contribution in [2.24, 2.45) is 7.05 Å². The summed E-state index contributed by atoms with van der Waals surface area (Å²) in [4.78, 5) is 11.6. The van der Waals surface area contributed by atoms with Gasteiger partial charge < -0.3 is 8.98 Å². The Kier molecular flexibility index (Phi) is 3.17. The predicted molar refractivity (Wildman–Crippen MR) is 76.6 cm³/mol. The molecular formula is C14H15N5O2. The topological polar surface area (TPSA) is 78.7 Å². The molecule has 0 unspecified atom stereocenters. The van der Waals surface area contributed by atoms with Crippen molar-refractivity contribution >= 4 is 0 Å². The lowest BCUT2D eigenvalue weighted by Crippen LogP contribution is -2.16. The van der Waals surface area contributed by atoms with Crippen molar-refractivity contribution in [3.63, 3.8) is 0 Å². The van der Waals surface area contributed by atoms with E-state index in [1.165, 1.54) is 10.6 Å². The summed E-state index contributed by atoms with van der Waals surface area (Å²) in [6.45, 7) is 4.75. The second kappa shape index (κ2) is 5.01. The fourth-order valence-corrected chi connectivity index (χ4v) is 2.19. The SMILES string of the molecule is CCn1ncc(-c2nnc(-c3cccc(=O)n3C)o2)c1C. The minimum Gasteiger partial charge on any atom is -0.415 e. The molecule has 0 bridgehead atoms. The summed E-state index contributed by atoms with van der Waals surface area (Å²) in [5, 5.41) is 12.3. The van der Waals surface area contributed by atoms with Crippen molar-refractivity contribution in [2.75, 3.05) is 0 Å². The zero-order chi connectivity index (χ0) is 15.0. The predicted octanol–water partition coefficient (Wildman–Crippen LogP) is 1.63. The molecule has 3 aromatic rings. The highest BCUT2D eigenvalue weighted by Crippen LogP contribution is 2.25. The van der Waals surface area contributed by atoms with Gasteiger partial charge in [-0.25, -0.2) is 0 Å². The zero-order valence-electron chi connectivity index (χ0n) is 12.1. The van der Waals surface area contributed by atoms with Crippen LogP contribution in [0.25, 0.3) is 23.0 Å². The molecule has 0 amide bonds. The van der Waals surface area contributed by atoms with Crippen molar-refractivity contribution in [1.82, 2.24) is 24.5 Å². The fraction of sp³-hybridized carbons (Fsp3) is 0.286. The van der Waals surface area contributed by atoms with E-state index in [2.05, 4.69) is 15.3 Å². The van der Waals surface area contributed by atoms with Gasteiger partial charge in [-0.15, -0.1) is 10.2 Å². The first-order chi connectivity index (χ1) is 10.1. The second-order valence-electron chi connectivity index (χ2n) is 4.68. The Bertz CT molecular complexity index is 843. The van der Waals surface area contributed by atoms with Crippen molar-refractivity contribution in [1.29, 1.82) is 0 Å². The number of rotatable bonds is 3. The van der Waals surface area contributed by atoms with E-state index in [0.717, 1.165) is 17.8 Å². The van der Waals surface area contributed by atoms with Crippen molar-refractivity contribution in [3.05, 3.63) is 40.4 Å². The van der Waals surface area contributed by atoms with E-state index < -0.39 is 0 Å². The number of hydrogen-bond donors (Lipinski definition) is 0. The molecule has 0 atom stereocenters. The third kappa shape index (κ3) is 2.16. The van der Waals surface area contributed by atoms with E-state index in [1.54, 1.807) is 25.4 Å². The Balaban J connectivity index is 2.06. The van der Waals surface area contributed by atoms with Gasteiger partial charge in [0.25, 0.3) is 17.3 Å². The fourth-order valence-electron chi connectivity index (χ4n) is 2.19. The average Bonchev–Trinajstić information content (AvgIpc) is 3.08. The molecule has 0 aliphatic heterocycles. The molecule has 0 fully saturated rings. The molecule has 0 spiro atoms. The maximum Gasteiger partial charge on any atom is 0.264 e.